The fourth-order valence-corrected chi connectivity index (χ4v) is 2.70. The number of aliphatic carboxylic acids is 1. The van der Waals surface area contributed by atoms with E-state index >= 15 is 0 Å². The maximum absolute atomic E-state index is 12.4. The highest BCUT2D eigenvalue weighted by Gasteiger charge is 2.44. The van der Waals surface area contributed by atoms with Crippen molar-refractivity contribution in [2.45, 2.75) is 52.4 Å². The van der Waals surface area contributed by atoms with Crippen molar-refractivity contribution < 1.29 is 19.4 Å². The van der Waals surface area contributed by atoms with Crippen molar-refractivity contribution in [3.05, 3.63) is 0 Å². The monoisotopic (exact) mass is 257 g/mol. The number of nitrogens with zero attached hydrogens (tertiary/aromatic N) is 1. The van der Waals surface area contributed by atoms with Gasteiger partial charge in [0.1, 0.15) is 6.04 Å². The molecule has 5 heteroatoms. The van der Waals surface area contributed by atoms with Gasteiger partial charge in [-0.25, -0.2) is 4.79 Å². The minimum absolute atomic E-state index is 0.0345. The number of likely N-dealkylation sites (N-methyl/N-ethyl adjacent to an activating group) is 1. The van der Waals surface area contributed by atoms with E-state index in [9.17, 15) is 9.59 Å². The lowest BCUT2D eigenvalue weighted by Gasteiger charge is -2.29. The zero-order chi connectivity index (χ0) is 14.0. The first kappa shape index (κ1) is 15.0. The first-order valence-electron chi connectivity index (χ1n) is 6.46. The number of amides is 1. The molecule has 0 aromatic rings. The maximum Gasteiger partial charge on any atom is 0.326 e. The molecule has 0 aromatic heterocycles. The standard InChI is InChI=1S/C13H23NO4/c1-6-10(13(16)17)14(5)12(15)11-7(2)8(3)18-9(11)4/h7-11H,6H2,1-5H3,(H,16,17). The molecule has 1 aliphatic heterocycles. The predicted molar refractivity (Wildman–Crippen MR) is 67.1 cm³/mol. The third-order valence-electron chi connectivity index (χ3n) is 4.01. The van der Waals surface area contributed by atoms with Crippen LogP contribution in [0.25, 0.3) is 0 Å². The molecule has 0 radical (unpaired) electrons. The summed E-state index contributed by atoms with van der Waals surface area (Å²) in [4.78, 5) is 24.8. The Balaban J connectivity index is 2.83. The van der Waals surface area contributed by atoms with Crippen molar-refractivity contribution in [1.29, 1.82) is 0 Å². The van der Waals surface area contributed by atoms with Crippen molar-refractivity contribution in [3.8, 4) is 0 Å². The van der Waals surface area contributed by atoms with Crippen LogP contribution in [-0.2, 0) is 14.3 Å². The Hall–Kier alpha value is -1.10. The van der Waals surface area contributed by atoms with Crippen LogP contribution in [0.4, 0.5) is 0 Å². The van der Waals surface area contributed by atoms with E-state index in [2.05, 4.69) is 0 Å². The van der Waals surface area contributed by atoms with Gasteiger partial charge in [0.05, 0.1) is 18.1 Å². The van der Waals surface area contributed by atoms with Gasteiger partial charge in [-0.15, -0.1) is 0 Å². The Morgan fingerprint density at radius 2 is 1.83 bits per heavy atom. The summed E-state index contributed by atoms with van der Waals surface area (Å²) in [5.74, 6) is -1.23. The first-order valence-corrected chi connectivity index (χ1v) is 6.46. The zero-order valence-electron chi connectivity index (χ0n) is 11.7. The topological polar surface area (TPSA) is 66.8 Å². The average Bonchev–Trinajstić information content (AvgIpc) is 2.52. The molecular weight excluding hydrogens is 234 g/mol. The van der Waals surface area contributed by atoms with Gasteiger partial charge in [0.15, 0.2) is 0 Å². The van der Waals surface area contributed by atoms with Crippen LogP contribution >= 0.6 is 0 Å². The Bertz CT molecular complexity index is 331. The van der Waals surface area contributed by atoms with Gasteiger partial charge < -0.3 is 14.7 Å². The van der Waals surface area contributed by atoms with E-state index in [4.69, 9.17) is 9.84 Å². The van der Waals surface area contributed by atoms with Crippen molar-refractivity contribution in [2.24, 2.45) is 11.8 Å². The van der Waals surface area contributed by atoms with Gasteiger partial charge in [0.2, 0.25) is 5.91 Å². The van der Waals surface area contributed by atoms with Gasteiger partial charge in [-0.3, -0.25) is 4.79 Å². The molecule has 1 saturated heterocycles. The molecule has 104 valence electrons. The minimum Gasteiger partial charge on any atom is -0.480 e. The Morgan fingerprint density at radius 3 is 2.17 bits per heavy atom. The molecule has 1 amide bonds. The molecule has 1 aliphatic rings. The maximum atomic E-state index is 12.4. The molecular formula is C13H23NO4. The first-order chi connectivity index (χ1) is 8.31. The van der Waals surface area contributed by atoms with Crippen molar-refractivity contribution >= 4 is 11.9 Å². The summed E-state index contributed by atoms with van der Waals surface area (Å²) in [5.41, 5.74) is 0. The Kier molecular flexibility index (Phi) is 4.73. The van der Waals surface area contributed by atoms with E-state index in [1.165, 1.54) is 4.90 Å². The van der Waals surface area contributed by atoms with Crippen molar-refractivity contribution in [2.75, 3.05) is 7.05 Å². The molecule has 5 unspecified atom stereocenters. The van der Waals surface area contributed by atoms with E-state index in [-0.39, 0.29) is 30.0 Å². The summed E-state index contributed by atoms with van der Waals surface area (Å²) in [5, 5.41) is 9.09. The fourth-order valence-electron chi connectivity index (χ4n) is 2.70. The lowest BCUT2D eigenvalue weighted by atomic mass is 9.88. The van der Waals surface area contributed by atoms with Crippen LogP contribution in [0.2, 0.25) is 0 Å². The van der Waals surface area contributed by atoms with Crippen LogP contribution in [0.5, 0.6) is 0 Å². The van der Waals surface area contributed by atoms with Crippen LogP contribution in [-0.4, -0.2) is 47.2 Å². The number of hydrogen-bond donors (Lipinski definition) is 1. The summed E-state index contributed by atoms with van der Waals surface area (Å²) in [6.45, 7) is 7.57. The van der Waals surface area contributed by atoms with E-state index in [0.29, 0.717) is 6.42 Å². The number of carbonyl (C=O) groups excluding carboxylic acids is 1. The fraction of sp³-hybridized carbons (Fsp3) is 0.846. The normalized spacial score (nSPS) is 33.2. The van der Waals surface area contributed by atoms with E-state index in [1.54, 1.807) is 14.0 Å². The van der Waals surface area contributed by atoms with Gasteiger partial charge in [0.25, 0.3) is 0 Å². The lowest BCUT2D eigenvalue weighted by Crippen LogP contribution is -2.47. The van der Waals surface area contributed by atoms with E-state index < -0.39 is 12.0 Å². The van der Waals surface area contributed by atoms with E-state index in [0.717, 1.165) is 0 Å². The molecule has 5 nitrogen and oxygen atoms in total. The third-order valence-corrected chi connectivity index (χ3v) is 4.01. The largest absolute Gasteiger partial charge is 0.480 e. The van der Waals surface area contributed by atoms with Gasteiger partial charge in [-0.05, 0) is 26.2 Å². The van der Waals surface area contributed by atoms with Crippen LogP contribution in [0.3, 0.4) is 0 Å². The number of ether oxygens (including phenoxy) is 1. The average molecular weight is 257 g/mol. The highest BCUT2D eigenvalue weighted by molar-refractivity contribution is 5.85. The molecule has 0 spiro atoms. The van der Waals surface area contributed by atoms with Gasteiger partial charge in [0, 0.05) is 7.05 Å². The van der Waals surface area contributed by atoms with Gasteiger partial charge >= 0.3 is 5.97 Å². The van der Waals surface area contributed by atoms with Gasteiger partial charge in [-0.1, -0.05) is 13.8 Å². The molecule has 1 N–H and O–H groups in total. The minimum atomic E-state index is -0.958. The van der Waals surface area contributed by atoms with Crippen molar-refractivity contribution in [3.63, 3.8) is 0 Å². The molecule has 0 saturated carbocycles. The summed E-state index contributed by atoms with van der Waals surface area (Å²) in [6, 6.07) is -0.757. The third kappa shape index (κ3) is 2.66. The Morgan fingerprint density at radius 1 is 1.28 bits per heavy atom. The number of carbonyl (C=O) groups is 2. The number of hydrogen-bond acceptors (Lipinski definition) is 3. The molecule has 0 aliphatic carbocycles. The molecule has 1 fully saturated rings. The highest BCUT2D eigenvalue weighted by Crippen LogP contribution is 2.33. The second kappa shape index (κ2) is 5.69. The smallest absolute Gasteiger partial charge is 0.326 e. The molecule has 0 aromatic carbocycles. The number of rotatable bonds is 4. The van der Waals surface area contributed by atoms with Crippen LogP contribution in [0.1, 0.15) is 34.1 Å². The summed E-state index contributed by atoms with van der Waals surface area (Å²) in [7, 11) is 1.56. The highest BCUT2D eigenvalue weighted by atomic mass is 16.5. The van der Waals surface area contributed by atoms with Crippen molar-refractivity contribution in [1.82, 2.24) is 4.90 Å². The predicted octanol–water partition coefficient (Wildman–Crippen LogP) is 1.37. The van der Waals surface area contributed by atoms with Crippen LogP contribution in [0.15, 0.2) is 0 Å². The lowest BCUT2D eigenvalue weighted by molar-refractivity contribution is -0.151. The second-order valence-electron chi connectivity index (χ2n) is 5.14. The summed E-state index contributed by atoms with van der Waals surface area (Å²) < 4.78 is 5.64. The molecule has 0 bridgehead atoms. The Labute approximate surface area is 108 Å². The molecule has 1 heterocycles. The molecule has 5 atom stereocenters. The van der Waals surface area contributed by atoms with Gasteiger partial charge in [-0.2, -0.15) is 0 Å². The molecule has 18 heavy (non-hydrogen) atoms. The second-order valence-corrected chi connectivity index (χ2v) is 5.14. The quantitative estimate of drug-likeness (QED) is 0.826. The van der Waals surface area contributed by atoms with Crippen LogP contribution < -0.4 is 0 Å². The summed E-state index contributed by atoms with van der Waals surface area (Å²) in [6.07, 6.45) is 0.284. The van der Waals surface area contributed by atoms with E-state index in [1.807, 2.05) is 20.8 Å². The molecule has 1 rings (SSSR count). The number of carboxylic acid groups (broad SMARTS) is 1. The zero-order valence-corrected chi connectivity index (χ0v) is 11.7. The SMILES string of the molecule is CCC(C(=O)O)N(C)C(=O)C1C(C)OC(C)C1C. The van der Waals surface area contributed by atoms with Crippen LogP contribution in [0, 0.1) is 11.8 Å². The summed E-state index contributed by atoms with van der Waals surface area (Å²) >= 11 is 0. The number of carboxylic acids is 1.